The van der Waals surface area contributed by atoms with Crippen molar-refractivity contribution in [2.45, 2.75) is 19.8 Å². The van der Waals surface area contributed by atoms with Crippen LogP contribution in [0.25, 0.3) is 10.8 Å². The standard InChI is InChI=1S/C24H23NO6/c1-15(17-4-5-19-13-22(29-3)9-6-18(19)12-17)24(28)30-14-23(27)31-21-10-7-20(8-11-21)25-16(2)26/h4-13,15H,14H2,1-3H3,(H,25,26)/t15-/m1/s1. The lowest BCUT2D eigenvalue weighted by Crippen LogP contribution is -2.21. The molecule has 0 aromatic heterocycles. The van der Waals surface area contributed by atoms with Gasteiger partial charge in [-0.05, 0) is 59.7 Å². The molecular formula is C24H23NO6. The Labute approximate surface area is 179 Å². The Kier molecular flexibility index (Phi) is 6.87. The number of benzene rings is 3. The number of ether oxygens (including phenoxy) is 3. The van der Waals surface area contributed by atoms with Crippen LogP contribution in [-0.4, -0.2) is 31.6 Å². The Hall–Kier alpha value is -3.87. The second-order valence-corrected chi connectivity index (χ2v) is 6.98. The van der Waals surface area contributed by atoms with E-state index in [-0.39, 0.29) is 11.7 Å². The monoisotopic (exact) mass is 421 g/mol. The van der Waals surface area contributed by atoms with Crippen molar-refractivity contribution in [1.29, 1.82) is 0 Å². The molecule has 1 amide bonds. The van der Waals surface area contributed by atoms with Gasteiger partial charge in [0.05, 0.1) is 13.0 Å². The summed E-state index contributed by atoms with van der Waals surface area (Å²) in [6, 6.07) is 17.7. The zero-order chi connectivity index (χ0) is 22.4. The number of anilines is 1. The van der Waals surface area contributed by atoms with Gasteiger partial charge < -0.3 is 19.5 Å². The highest BCUT2D eigenvalue weighted by molar-refractivity contribution is 5.89. The van der Waals surface area contributed by atoms with Gasteiger partial charge in [0, 0.05) is 12.6 Å². The third-order valence-corrected chi connectivity index (χ3v) is 4.66. The number of hydrogen-bond acceptors (Lipinski definition) is 6. The van der Waals surface area contributed by atoms with Crippen molar-refractivity contribution >= 4 is 34.3 Å². The summed E-state index contributed by atoms with van der Waals surface area (Å²) < 4.78 is 15.5. The van der Waals surface area contributed by atoms with Crippen LogP contribution in [0.4, 0.5) is 5.69 Å². The largest absolute Gasteiger partial charge is 0.497 e. The summed E-state index contributed by atoms with van der Waals surface area (Å²) in [5.74, 6) is -0.915. The first-order chi connectivity index (χ1) is 14.9. The second kappa shape index (κ2) is 9.75. The van der Waals surface area contributed by atoms with Crippen LogP contribution in [0.1, 0.15) is 25.3 Å². The summed E-state index contributed by atoms with van der Waals surface area (Å²) in [5.41, 5.74) is 1.37. The molecule has 0 saturated heterocycles. The smallest absolute Gasteiger partial charge is 0.349 e. The molecule has 1 atom stereocenters. The highest BCUT2D eigenvalue weighted by atomic mass is 16.6. The minimum Gasteiger partial charge on any atom is -0.497 e. The van der Waals surface area contributed by atoms with Gasteiger partial charge in [-0.3, -0.25) is 9.59 Å². The van der Waals surface area contributed by atoms with Crippen LogP contribution >= 0.6 is 0 Å². The summed E-state index contributed by atoms with van der Waals surface area (Å²) in [6.45, 7) is 2.62. The fraction of sp³-hybridized carbons (Fsp3) is 0.208. The Balaban J connectivity index is 1.55. The van der Waals surface area contributed by atoms with Crippen LogP contribution in [0.5, 0.6) is 11.5 Å². The van der Waals surface area contributed by atoms with Gasteiger partial charge in [0.25, 0.3) is 0 Å². The molecule has 0 saturated carbocycles. The van der Waals surface area contributed by atoms with Crippen LogP contribution in [0.15, 0.2) is 60.7 Å². The number of carbonyl (C=O) groups excluding carboxylic acids is 3. The molecule has 31 heavy (non-hydrogen) atoms. The molecule has 0 aliphatic rings. The van der Waals surface area contributed by atoms with E-state index in [0.717, 1.165) is 22.1 Å². The van der Waals surface area contributed by atoms with Crippen LogP contribution in [0, 0.1) is 0 Å². The average Bonchev–Trinajstić information content (AvgIpc) is 2.77. The van der Waals surface area contributed by atoms with Gasteiger partial charge >= 0.3 is 11.9 Å². The first kappa shape index (κ1) is 21.8. The van der Waals surface area contributed by atoms with E-state index in [2.05, 4.69) is 5.32 Å². The van der Waals surface area contributed by atoms with Gasteiger partial charge in [0.15, 0.2) is 6.61 Å². The zero-order valence-electron chi connectivity index (χ0n) is 17.5. The summed E-state index contributed by atoms with van der Waals surface area (Å²) in [4.78, 5) is 35.4. The molecule has 0 aliphatic carbocycles. The maximum absolute atomic E-state index is 12.4. The van der Waals surface area contributed by atoms with Gasteiger partial charge in [0.1, 0.15) is 11.5 Å². The van der Waals surface area contributed by atoms with E-state index in [1.807, 2.05) is 36.4 Å². The third kappa shape index (κ3) is 5.82. The molecule has 7 nitrogen and oxygen atoms in total. The normalized spacial score (nSPS) is 11.5. The minimum absolute atomic E-state index is 0.197. The average molecular weight is 421 g/mol. The number of hydrogen-bond donors (Lipinski definition) is 1. The Morgan fingerprint density at radius 3 is 2.23 bits per heavy atom. The zero-order valence-corrected chi connectivity index (χ0v) is 17.5. The van der Waals surface area contributed by atoms with Gasteiger partial charge in [-0.2, -0.15) is 0 Å². The number of fused-ring (bicyclic) bond motifs is 1. The van der Waals surface area contributed by atoms with Crippen molar-refractivity contribution in [1.82, 2.24) is 0 Å². The molecule has 0 heterocycles. The van der Waals surface area contributed by atoms with Crippen molar-refractivity contribution < 1.29 is 28.6 Å². The summed E-state index contributed by atoms with van der Waals surface area (Å²) in [7, 11) is 1.61. The SMILES string of the molecule is COc1ccc2cc([C@@H](C)C(=O)OCC(=O)Oc3ccc(NC(C)=O)cc3)ccc2c1. The molecule has 0 spiro atoms. The molecule has 3 rings (SSSR count). The summed E-state index contributed by atoms with van der Waals surface area (Å²) in [6.07, 6.45) is 0. The Bertz CT molecular complexity index is 1110. The van der Waals surface area contributed by atoms with Gasteiger partial charge in [-0.15, -0.1) is 0 Å². The quantitative estimate of drug-likeness (QED) is 0.457. The molecule has 0 unspecified atom stereocenters. The second-order valence-electron chi connectivity index (χ2n) is 6.98. The van der Waals surface area contributed by atoms with Crippen LogP contribution < -0.4 is 14.8 Å². The molecule has 0 aliphatic heterocycles. The highest BCUT2D eigenvalue weighted by Gasteiger charge is 2.19. The van der Waals surface area contributed by atoms with E-state index in [0.29, 0.717) is 5.69 Å². The molecule has 0 fully saturated rings. The first-order valence-electron chi connectivity index (χ1n) is 9.68. The molecular weight excluding hydrogens is 398 g/mol. The van der Waals surface area contributed by atoms with Crippen LogP contribution in [0.2, 0.25) is 0 Å². The number of carbonyl (C=O) groups is 3. The number of amides is 1. The van der Waals surface area contributed by atoms with Crippen molar-refractivity contribution in [3.8, 4) is 11.5 Å². The van der Waals surface area contributed by atoms with E-state index in [1.54, 1.807) is 26.2 Å². The first-order valence-corrected chi connectivity index (χ1v) is 9.68. The lowest BCUT2D eigenvalue weighted by atomic mass is 9.98. The van der Waals surface area contributed by atoms with Crippen LogP contribution in [0.3, 0.4) is 0 Å². The van der Waals surface area contributed by atoms with Crippen molar-refractivity contribution in [3.63, 3.8) is 0 Å². The van der Waals surface area contributed by atoms with Crippen LogP contribution in [-0.2, 0) is 19.1 Å². The van der Waals surface area contributed by atoms with Gasteiger partial charge in [-0.25, -0.2) is 4.79 Å². The van der Waals surface area contributed by atoms with Crippen molar-refractivity contribution in [3.05, 3.63) is 66.2 Å². The number of rotatable bonds is 7. The van der Waals surface area contributed by atoms with Crippen molar-refractivity contribution in [2.75, 3.05) is 19.0 Å². The molecule has 3 aromatic carbocycles. The third-order valence-electron chi connectivity index (χ3n) is 4.66. The Morgan fingerprint density at radius 2 is 1.55 bits per heavy atom. The highest BCUT2D eigenvalue weighted by Crippen LogP contribution is 2.26. The predicted molar refractivity (Wildman–Crippen MR) is 116 cm³/mol. The van der Waals surface area contributed by atoms with E-state index >= 15 is 0 Å². The minimum atomic E-state index is -0.696. The summed E-state index contributed by atoms with van der Waals surface area (Å²) in [5, 5.41) is 4.58. The van der Waals surface area contributed by atoms with E-state index < -0.39 is 24.5 Å². The number of esters is 2. The molecule has 7 heteroatoms. The van der Waals surface area contributed by atoms with Gasteiger partial charge in [-0.1, -0.05) is 24.3 Å². The fourth-order valence-electron chi connectivity index (χ4n) is 3.00. The molecule has 0 radical (unpaired) electrons. The lowest BCUT2D eigenvalue weighted by molar-refractivity contribution is -0.154. The molecule has 160 valence electrons. The number of nitrogens with one attached hydrogen (secondary N) is 1. The molecule has 1 N–H and O–H groups in total. The lowest BCUT2D eigenvalue weighted by Gasteiger charge is -2.13. The van der Waals surface area contributed by atoms with E-state index in [9.17, 15) is 14.4 Å². The number of methoxy groups -OCH3 is 1. The van der Waals surface area contributed by atoms with E-state index in [1.165, 1.54) is 19.1 Å². The van der Waals surface area contributed by atoms with Gasteiger partial charge in [0.2, 0.25) is 5.91 Å². The maximum atomic E-state index is 12.4. The summed E-state index contributed by atoms with van der Waals surface area (Å²) >= 11 is 0. The molecule has 0 bridgehead atoms. The van der Waals surface area contributed by atoms with E-state index in [4.69, 9.17) is 14.2 Å². The Morgan fingerprint density at radius 1 is 0.903 bits per heavy atom. The topological polar surface area (TPSA) is 90.9 Å². The van der Waals surface area contributed by atoms with Crippen molar-refractivity contribution in [2.24, 2.45) is 0 Å². The fourth-order valence-corrected chi connectivity index (χ4v) is 3.00. The molecule has 3 aromatic rings. The maximum Gasteiger partial charge on any atom is 0.349 e. The predicted octanol–water partition coefficient (Wildman–Crippen LogP) is 4.06.